The minimum absolute atomic E-state index is 0.126. The van der Waals surface area contributed by atoms with Gasteiger partial charge in [0.15, 0.2) is 0 Å². The van der Waals surface area contributed by atoms with Crippen molar-refractivity contribution < 1.29 is 4.74 Å². The van der Waals surface area contributed by atoms with E-state index in [0.29, 0.717) is 12.6 Å². The Hall–Kier alpha value is -2.01. The number of rotatable bonds is 6. The molecule has 3 rings (SSSR count). The highest BCUT2D eigenvalue weighted by atomic mass is 16.5. The molecule has 1 aliphatic carbocycles. The van der Waals surface area contributed by atoms with Gasteiger partial charge >= 0.3 is 0 Å². The maximum absolute atomic E-state index is 6.04. The second-order valence-corrected chi connectivity index (χ2v) is 5.52. The third-order valence-electron chi connectivity index (χ3n) is 4.15. The first-order valence-electron chi connectivity index (χ1n) is 7.33. The number of anilines is 1. The monoisotopic (exact) mass is 286 g/mol. The molecule has 0 amide bonds. The summed E-state index contributed by atoms with van der Waals surface area (Å²) in [4.78, 5) is 6.52. The van der Waals surface area contributed by atoms with E-state index in [2.05, 4.69) is 33.6 Å². The average Bonchev–Trinajstić information content (AvgIpc) is 3.27. The molecular weight excluding hydrogens is 264 g/mol. The van der Waals surface area contributed by atoms with Gasteiger partial charge in [-0.25, -0.2) is 4.98 Å². The van der Waals surface area contributed by atoms with Crippen molar-refractivity contribution in [3.05, 3.63) is 42.5 Å². The molecule has 1 aromatic carbocycles. The number of ether oxygens (including phenoxy) is 1. The molecule has 1 heterocycles. The Morgan fingerprint density at radius 2 is 2.10 bits per heavy atom. The molecule has 2 aromatic rings. The van der Waals surface area contributed by atoms with Crippen molar-refractivity contribution in [2.24, 2.45) is 5.73 Å². The topological polar surface area (TPSA) is 56.3 Å². The largest absolute Gasteiger partial charge is 0.497 e. The molecule has 5 heteroatoms. The van der Waals surface area contributed by atoms with E-state index in [1.54, 1.807) is 7.11 Å². The van der Waals surface area contributed by atoms with Crippen molar-refractivity contribution in [1.82, 2.24) is 9.55 Å². The van der Waals surface area contributed by atoms with Gasteiger partial charge in [0, 0.05) is 25.3 Å². The molecule has 1 aliphatic rings. The Morgan fingerprint density at radius 1 is 1.38 bits per heavy atom. The Labute approximate surface area is 125 Å². The Morgan fingerprint density at radius 3 is 2.67 bits per heavy atom. The van der Waals surface area contributed by atoms with E-state index in [1.807, 2.05) is 24.7 Å². The number of hydrogen-bond donors (Lipinski definition) is 1. The van der Waals surface area contributed by atoms with E-state index in [9.17, 15) is 0 Å². The number of nitrogens with two attached hydrogens (primary N) is 1. The van der Waals surface area contributed by atoms with E-state index in [1.165, 1.54) is 18.5 Å². The number of methoxy groups -OCH3 is 1. The molecule has 0 aliphatic heterocycles. The molecule has 5 nitrogen and oxygen atoms in total. The lowest BCUT2D eigenvalue weighted by Crippen LogP contribution is -2.32. The first-order valence-corrected chi connectivity index (χ1v) is 7.33. The van der Waals surface area contributed by atoms with Crippen LogP contribution in [-0.2, 0) is 0 Å². The molecule has 2 N–H and O–H groups in total. The maximum atomic E-state index is 6.04. The van der Waals surface area contributed by atoms with Gasteiger partial charge in [0.05, 0.1) is 31.4 Å². The van der Waals surface area contributed by atoms with Crippen molar-refractivity contribution in [2.45, 2.75) is 24.9 Å². The van der Waals surface area contributed by atoms with Crippen LogP contribution in [0.4, 0.5) is 5.69 Å². The van der Waals surface area contributed by atoms with Gasteiger partial charge in [0.1, 0.15) is 5.75 Å². The minimum atomic E-state index is 0.126. The van der Waals surface area contributed by atoms with Gasteiger partial charge in [0.25, 0.3) is 0 Å². The summed E-state index contributed by atoms with van der Waals surface area (Å²) < 4.78 is 7.48. The van der Waals surface area contributed by atoms with Crippen LogP contribution >= 0.6 is 0 Å². The minimum Gasteiger partial charge on any atom is -0.497 e. The Bertz CT molecular complexity index is 589. The van der Waals surface area contributed by atoms with Crippen molar-refractivity contribution in [3.63, 3.8) is 0 Å². The predicted molar refractivity (Wildman–Crippen MR) is 83.7 cm³/mol. The van der Waals surface area contributed by atoms with Gasteiger partial charge in [0.2, 0.25) is 0 Å². The number of nitrogens with zero attached hydrogens (tertiary/aromatic N) is 3. The van der Waals surface area contributed by atoms with Crippen LogP contribution < -0.4 is 15.4 Å². The van der Waals surface area contributed by atoms with Crippen molar-refractivity contribution in [2.75, 3.05) is 25.6 Å². The summed E-state index contributed by atoms with van der Waals surface area (Å²) in [5.74, 6) is 0.861. The molecule has 21 heavy (non-hydrogen) atoms. The smallest absolute Gasteiger partial charge is 0.119 e. The summed E-state index contributed by atoms with van der Waals surface area (Å²) in [6.45, 7) is 0.556. The van der Waals surface area contributed by atoms with Crippen LogP contribution in [0.15, 0.2) is 36.8 Å². The van der Waals surface area contributed by atoms with Crippen LogP contribution in [0.5, 0.6) is 5.75 Å². The number of aromatic nitrogens is 2. The van der Waals surface area contributed by atoms with Gasteiger partial charge < -0.3 is 19.9 Å². The van der Waals surface area contributed by atoms with Crippen LogP contribution in [0.3, 0.4) is 0 Å². The first-order chi connectivity index (χ1) is 10.2. The molecule has 0 spiro atoms. The van der Waals surface area contributed by atoms with E-state index < -0.39 is 0 Å². The molecule has 1 aromatic heterocycles. The molecular formula is C16H22N4O. The molecule has 1 atom stereocenters. The summed E-state index contributed by atoms with van der Waals surface area (Å²) in [6.07, 6.45) is 6.35. The molecule has 0 saturated heterocycles. The van der Waals surface area contributed by atoms with Crippen LogP contribution in [0.2, 0.25) is 0 Å². The van der Waals surface area contributed by atoms with Crippen LogP contribution in [0.25, 0.3) is 0 Å². The summed E-state index contributed by atoms with van der Waals surface area (Å²) in [6, 6.07) is 8.79. The summed E-state index contributed by atoms with van der Waals surface area (Å²) in [7, 11) is 3.75. The van der Waals surface area contributed by atoms with Crippen molar-refractivity contribution >= 4 is 5.69 Å². The molecule has 1 unspecified atom stereocenters. The van der Waals surface area contributed by atoms with Crippen molar-refractivity contribution in [1.29, 1.82) is 0 Å². The van der Waals surface area contributed by atoms with E-state index in [-0.39, 0.29) is 6.04 Å². The van der Waals surface area contributed by atoms with E-state index in [4.69, 9.17) is 10.5 Å². The lowest BCUT2D eigenvalue weighted by molar-refractivity contribution is 0.415. The van der Waals surface area contributed by atoms with Crippen LogP contribution in [-0.4, -0.2) is 30.3 Å². The fourth-order valence-corrected chi connectivity index (χ4v) is 2.71. The Kier molecular flexibility index (Phi) is 3.84. The first kappa shape index (κ1) is 13.9. The molecule has 112 valence electrons. The molecule has 1 saturated carbocycles. The number of hydrogen-bond acceptors (Lipinski definition) is 4. The molecule has 0 bridgehead atoms. The zero-order chi connectivity index (χ0) is 14.8. The highest BCUT2D eigenvalue weighted by Gasteiger charge is 2.29. The van der Waals surface area contributed by atoms with Crippen molar-refractivity contribution in [3.8, 4) is 5.75 Å². The number of benzene rings is 1. The highest BCUT2D eigenvalue weighted by molar-refractivity contribution is 5.50. The summed E-state index contributed by atoms with van der Waals surface area (Å²) in [5.41, 5.74) is 8.35. The summed E-state index contributed by atoms with van der Waals surface area (Å²) in [5, 5.41) is 0. The second kappa shape index (κ2) is 5.77. The summed E-state index contributed by atoms with van der Waals surface area (Å²) >= 11 is 0. The average molecular weight is 286 g/mol. The third kappa shape index (κ3) is 2.74. The lowest BCUT2D eigenvalue weighted by Gasteiger charge is -2.30. The van der Waals surface area contributed by atoms with E-state index in [0.717, 1.165) is 11.4 Å². The third-order valence-corrected chi connectivity index (χ3v) is 4.15. The fourth-order valence-electron chi connectivity index (χ4n) is 2.71. The molecule has 0 radical (unpaired) electrons. The van der Waals surface area contributed by atoms with Crippen LogP contribution in [0, 0.1) is 0 Å². The quantitative estimate of drug-likeness (QED) is 0.885. The predicted octanol–water partition coefficient (Wildman–Crippen LogP) is 2.36. The fraction of sp³-hybridized carbons (Fsp3) is 0.438. The molecule has 1 fully saturated rings. The van der Waals surface area contributed by atoms with Gasteiger partial charge in [-0.1, -0.05) is 0 Å². The lowest BCUT2D eigenvalue weighted by atomic mass is 10.1. The highest BCUT2D eigenvalue weighted by Crippen LogP contribution is 2.38. The van der Waals surface area contributed by atoms with Crippen LogP contribution in [0.1, 0.15) is 30.6 Å². The standard InChI is InChI=1S/C16H22N4O/c1-19(12-5-7-14(21-2)8-6-12)15(9-17)16-10-18-11-20(16)13-3-4-13/h5-8,10-11,13,15H,3-4,9,17H2,1-2H3. The second-order valence-electron chi connectivity index (χ2n) is 5.52. The van der Waals surface area contributed by atoms with E-state index >= 15 is 0 Å². The van der Waals surface area contributed by atoms with Gasteiger partial charge in [-0.3, -0.25) is 0 Å². The zero-order valence-electron chi connectivity index (χ0n) is 12.6. The number of imidazole rings is 1. The SMILES string of the molecule is COc1ccc(N(C)C(CN)c2cncn2C2CC2)cc1. The Balaban J connectivity index is 1.85. The van der Waals surface area contributed by atoms with Gasteiger partial charge in [-0.2, -0.15) is 0 Å². The van der Waals surface area contributed by atoms with Gasteiger partial charge in [-0.05, 0) is 37.1 Å². The maximum Gasteiger partial charge on any atom is 0.119 e. The normalized spacial score (nSPS) is 15.8. The zero-order valence-corrected chi connectivity index (χ0v) is 12.6. The number of likely N-dealkylation sites (N-methyl/N-ethyl adjacent to an activating group) is 1. The van der Waals surface area contributed by atoms with Gasteiger partial charge in [-0.15, -0.1) is 0 Å².